The van der Waals surface area contributed by atoms with Gasteiger partial charge in [0.15, 0.2) is 0 Å². The van der Waals surface area contributed by atoms with Crippen LogP contribution in [0.25, 0.3) is 0 Å². The van der Waals surface area contributed by atoms with E-state index < -0.39 is 0 Å². The van der Waals surface area contributed by atoms with Gasteiger partial charge in [0.25, 0.3) is 0 Å². The number of carbonyl (C=O) groups is 1. The second kappa shape index (κ2) is 5.21. The summed E-state index contributed by atoms with van der Waals surface area (Å²) in [7, 11) is 0. The minimum Gasteiger partial charge on any atom is -0.342 e. The molecule has 86 valence electrons. The molecule has 0 aromatic rings. The van der Waals surface area contributed by atoms with Crippen molar-refractivity contribution in [2.24, 2.45) is 17.6 Å². The van der Waals surface area contributed by atoms with Crippen molar-refractivity contribution in [1.82, 2.24) is 4.90 Å². The molecule has 0 aromatic carbocycles. The zero-order chi connectivity index (χ0) is 10.7. The van der Waals surface area contributed by atoms with Gasteiger partial charge in [-0.15, -0.1) is 0 Å². The predicted molar refractivity (Wildman–Crippen MR) is 63.8 cm³/mol. The van der Waals surface area contributed by atoms with Crippen LogP contribution >= 0.6 is 11.8 Å². The van der Waals surface area contributed by atoms with Crippen molar-refractivity contribution < 1.29 is 4.79 Å². The maximum Gasteiger partial charge on any atom is 0.222 e. The average molecular weight is 228 g/mol. The Labute approximate surface area is 95.8 Å². The second-order valence-corrected chi connectivity index (χ2v) is 5.89. The molecule has 0 saturated carbocycles. The van der Waals surface area contributed by atoms with E-state index in [0.717, 1.165) is 19.0 Å². The summed E-state index contributed by atoms with van der Waals surface area (Å²) in [6, 6.07) is 0. The van der Waals surface area contributed by atoms with E-state index in [-0.39, 0.29) is 0 Å². The average Bonchev–Trinajstić information content (AvgIpc) is 2.61. The van der Waals surface area contributed by atoms with Crippen LogP contribution in [0, 0.1) is 11.8 Å². The number of hydrogen-bond acceptors (Lipinski definition) is 3. The van der Waals surface area contributed by atoms with Crippen molar-refractivity contribution in [2.45, 2.75) is 19.3 Å². The quantitative estimate of drug-likeness (QED) is 0.782. The first-order chi connectivity index (χ1) is 7.29. The lowest BCUT2D eigenvalue weighted by molar-refractivity contribution is -0.128. The maximum atomic E-state index is 11.7. The smallest absolute Gasteiger partial charge is 0.222 e. The normalized spacial score (nSPS) is 28.7. The first-order valence-corrected chi connectivity index (χ1v) is 7.00. The van der Waals surface area contributed by atoms with Crippen LogP contribution in [0.5, 0.6) is 0 Å². The number of carbonyl (C=O) groups excluding carboxylic acids is 1. The van der Waals surface area contributed by atoms with Crippen molar-refractivity contribution in [3.63, 3.8) is 0 Å². The molecule has 1 unspecified atom stereocenters. The zero-order valence-corrected chi connectivity index (χ0v) is 9.97. The van der Waals surface area contributed by atoms with Gasteiger partial charge in [0.05, 0.1) is 0 Å². The first-order valence-electron chi connectivity index (χ1n) is 5.85. The molecule has 1 amide bonds. The highest BCUT2D eigenvalue weighted by molar-refractivity contribution is 7.99. The van der Waals surface area contributed by atoms with Crippen LogP contribution < -0.4 is 5.73 Å². The van der Waals surface area contributed by atoms with Gasteiger partial charge in [-0.05, 0) is 42.7 Å². The summed E-state index contributed by atoms with van der Waals surface area (Å²) in [6.07, 6.45) is 3.24. The summed E-state index contributed by atoms with van der Waals surface area (Å²) in [5.41, 5.74) is 5.61. The Morgan fingerprint density at radius 1 is 1.33 bits per heavy atom. The molecule has 15 heavy (non-hydrogen) atoms. The summed E-state index contributed by atoms with van der Waals surface area (Å²) in [4.78, 5) is 13.7. The molecule has 2 aliphatic heterocycles. The van der Waals surface area contributed by atoms with Crippen LogP contribution in [0.2, 0.25) is 0 Å². The minimum atomic E-state index is 0.323. The van der Waals surface area contributed by atoms with Crippen molar-refractivity contribution in [3.8, 4) is 0 Å². The number of thioether (sulfide) groups is 1. The van der Waals surface area contributed by atoms with Gasteiger partial charge in [0.2, 0.25) is 5.91 Å². The third kappa shape index (κ3) is 2.88. The number of nitrogens with two attached hydrogens (primary N) is 1. The van der Waals surface area contributed by atoms with Gasteiger partial charge < -0.3 is 10.6 Å². The lowest BCUT2D eigenvalue weighted by Gasteiger charge is -2.26. The summed E-state index contributed by atoms with van der Waals surface area (Å²) in [6.45, 7) is 2.54. The monoisotopic (exact) mass is 228 g/mol. The molecule has 2 fully saturated rings. The van der Waals surface area contributed by atoms with Gasteiger partial charge in [-0.25, -0.2) is 0 Å². The summed E-state index contributed by atoms with van der Waals surface area (Å²) in [5, 5.41) is 0. The Kier molecular flexibility index (Phi) is 3.92. The van der Waals surface area contributed by atoms with Crippen LogP contribution in [0.3, 0.4) is 0 Å². The van der Waals surface area contributed by atoms with Gasteiger partial charge in [0.1, 0.15) is 0 Å². The summed E-state index contributed by atoms with van der Waals surface area (Å²) in [5.74, 6) is 4.02. The summed E-state index contributed by atoms with van der Waals surface area (Å²) >= 11 is 2.04. The third-order valence-electron chi connectivity index (χ3n) is 3.45. The summed E-state index contributed by atoms with van der Waals surface area (Å²) < 4.78 is 0. The van der Waals surface area contributed by atoms with Crippen LogP contribution in [0.4, 0.5) is 0 Å². The SMILES string of the molecule is NCC1CC(=O)N(CC2CCSCC2)C1. The fourth-order valence-corrected chi connectivity index (χ4v) is 3.63. The fraction of sp³-hybridized carbons (Fsp3) is 0.909. The van der Waals surface area contributed by atoms with Crippen molar-refractivity contribution >= 4 is 17.7 Å². The molecule has 2 aliphatic rings. The number of amides is 1. The van der Waals surface area contributed by atoms with E-state index in [9.17, 15) is 4.79 Å². The molecule has 1 atom stereocenters. The van der Waals surface area contributed by atoms with Crippen molar-refractivity contribution in [3.05, 3.63) is 0 Å². The van der Waals surface area contributed by atoms with E-state index in [4.69, 9.17) is 5.73 Å². The molecule has 2 saturated heterocycles. The third-order valence-corrected chi connectivity index (χ3v) is 4.50. The number of likely N-dealkylation sites (tertiary alicyclic amines) is 1. The fourth-order valence-electron chi connectivity index (χ4n) is 2.43. The lowest BCUT2D eigenvalue weighted by Crippen LogP contribution is -2.33. The maximum absolute atomic E-state index is 11.7. The van der Waals surface area contributed by atoms with E-state index in [0.29, 0.717) is 24.8 Å². The Morgan fingerprint density at radius 3 is 2.67 bits per heavy atom. The molecule has 0 aliphatic carbocycles. The lowest BCUT2D eigenvalue weighted by atomic mass is 10.0. The highest BCUT2D eigenvalue weighted by atomic mass is 32.2. The van der Waals surface area contributed by atoms with Crippen LogP contribution in [-0.4, -0.2) is 41.9 Å². The zero-order valence-electron chi connectivity index (χ0n) is 9.15. The number of hydrogen-bond donors (Lipinski definition) is 1. The molecule has 0 radical (unpaired) electrons. The standard InChI is InChI=1S/C11H20N2OS/c12-6-10-5-11(14)13(8-10)7-9-1-3-15-4-2-9/h9-10H,1-8,12H2. The van der Waals surface area contributed by atoms with Crippen LogP contribution in [-0.2, 0) is 4.79 Å². The van der Waals surface area contributed by atoms with E-state index in [1.54, 1.807) is 0 Å². The predicted octanol–water partition coefficient (Wildman–Crippen LogP) is 0.937. The molecular weight excluding hydrogens is 208 g/mol. The molecule has 3 nitrogen and oxygen atoms in total. The molecule has 0 aromatic heterocycles. The van der Waals surface area contributed by atoms with Crippen molar-refractivity contribution in [1.29, 1.82) is 0 Å². The molecule has 0 bridgehead atoms. The van der Waals surface area contributed by atoms with Gasteiger partial charge in [0, 0.05) is 19.5 Å². The van der Waals surface area contributed by atoms with Crippen molar-refractivity contribution in [2.75, 3.05) is 31.1 Å². The number of nitrogens with zero attached hydrogens (tertiary/aromatic N) is 1. The molecule has 2 rings (SSSR count). The topological polar surface area (TPSA) is 46.3 Å². The highest BCUT2D eigenvalue weighted by Gasteiger charge is 2.30. The Bertz CT molecular complexity index is 229. The van der Waals surface area contributed by atoms with Gasteiger partial charge in [-0.1, -0.05) is 0 Å². The van der Waals surface area contributed by atoms with Gasteiger partial charge >= 0.3 is 0 Å². The Balaban J connectivity index is 1.81. The van der Waals surface area contributed by atoms with Crippen LogP contribution in [0.15, 0.2) is 0 Å². The van der Waals surface area contributed by atoms with Gasteiger partial charge in [-0.3, -0.25) is 4.79 Å². The van der Waals surface area contributed by atoms with Crippen LogP contribution in [0.1, 0.15) is 19.3 Å². The molecule has 4 heteroatoms. The molecule has 0 spiro atoms. The Morgan fingerprint density at radius 2 is 2.07 bits per heavy atom. The van der Waals surface area contributed by atoms with E-state index in [2.05, 4.69) is 0 Å². The molecule has 2 N–H and O–H groups in total. The minimum absolute atomic E-state index is 0.323. The van der Waals surface area contributed by atoms with Gasteiger partial charge in [-0.2, -0.15) is 11.8 Å². The largest absolute Gasteiger partial charge is 0.342 e. The second-order valence-electron chi connectivity index (χ2n) is 4.66. The molecule has 2 heterocycles. The van der Waals surface area contributed by atoms with E-state index >= 15 is 0 Å². The number of rotatable bonds is 3. The first kappa shape index (κ1) is 11.3. The van der Waals surface area contributed by atoms with E-state index in [1.165, 1.54) is 24.3 Å². The molecular formula is C11H20N2OS. The Hall–Kier alpha value is -0.220. The highest BCUT2D eigenvalue weighted by Crippen LogP contribution is 2.26. The van der Waals surface area contributed by atoms with E-state index in [1.807, 2.05) is 16.7 Å².